The van der Waals surface area contributed by atoms with Crippen molar-refractivity contribution < 1.29 is 4.79 Å². The van der Waals surface area contributed by atoms with Crippen LogP contribution in [0.4, 0.5) is 0 Å². The predicted octanol–water partition coefficient (Wildman–Crippen LogP) is 1.51. The highest BCUT2D eigenvalue weighted by atomic mass is 79.9. The molecule has 0 spiro atoms. The maximum absolute atomic E-state index is 12.6. The number of likely N-dealkylation sites (tertiary alicyclic amines) is 1. The van der Waals surface area contributed by atoms with E-state index in [1.807, 2.05) is 17.2 Å². The molecule has 2 aliphatic heterocycles. The Bertz CT molecular complexity index is 676. The third-order valence-electron chi connectivity index (χ3n) is 4.84. The zero-order valence-electron chi connectivity index (χ0n) is 12.8. The standard InChI is InChI=1S/C16H20BrN5O/c17-12-9-19-21-14(12)16(23)22-6-3-10(4-7-22)13-8-11-2-1-5-18-15(11)20-13/h1-2,5,8,10,12,14,19,21H,3-4,6-7,9H2,(H,18,20). The molecule has 0 bridgehead atoms. The lowest BCUT2D eigenvalue weighted by Crippen LogP contribution is -2.50. The molecule has 0 saturated carbocycles. The van der Waals surface area contributed by atoms with E-state index >= 15 is 0 Å². The van der Waals surface area contributed by atoms with Gasteiger partial charge in [-0.3, -0.25) is 10.2 Å². The van der Waals surface area contributed by atoms with Crippen LogP contribution in [-0.2, 0) is 4.79 Å². The average molecular weight is 378 g/mol. The lowest BCUT2D eigenvalue weighted by Gasteiger charge is -2.33. The van der Waals surface area contributed by atoms with Gasteiger partial charge in [-0.25, -0.2) is 10.4 Å². The van der Waals surface area contributed by atoms with Crippen molar-refractivity contribution in [2.75, 3.05) is 19.6 Å². The summed E-state index contributed by atoms with van der Waals surface area (Å²) in [5.41, 5.74) is 8.29. The first kappa shape index (κ1) is 15.1. The number of hydrogen-bond acceptors (Lipinski definition) is 4. The van der Waals surface area contributed by atoms with Gasteiger partial charge >= 0.3 is 0 Å². The van der Waals surface area contributed by atoms with Crippen molar-refractivity contribution in [1.29, 1.82) is 0 Å². The Morgan fingerprint density at radius 3 is 2.87 bits per heavy atom. The van der Waals surface area contributed by atoms with Gasteiger partial charge in [0.2, 0.25) is 5.91 Å². The quantitative estimate of drug-likeness (QED) is 0.693. The van der Waals surface area contributed by atoms with Crippen molar-refractivity contribution in [2.45, 2.75) is 29.6 Å². The number of carbonyl (C=O) groups excluding carboxylic acids is 1. The normalized spacial score (nSPS) is 26.0. The van der Waals surface area contributed by atoms with E-state index < -0.39 is 0 Å². The third kappa shape index (κ3) is 2.88. The fraction of sp³-hybridized carbons (Fsp3) is 0.500. The van der Waals surface area contributed by atoms with E-state index in [-0.39, 0.29) is 16.8 Å². The summed E-state index contributed by atoms with van der Waals surface area (Å²) in [7, 11) is 0. The van der Waals surface area contributed by atoms with E-state index in [4.69, 9.17) is 0 Å². The summed E-state index contributed by atoms with van der Waals surface area (Å²) in [4.78, 5) is 22.5. The summed E-state index contributed by atoms with van der Waals surface area (Å²) in [5, 5.41) is 1.16. The second-order valence-corrected chi connectivity index (χ2v) is 7.46. The molecule has 2 aromatic rings. The summed E-state index contributed by atoms with van der Waals surface area (Å²) in [6.45, 7) is 2.39. The fourth-order valence-corrected chi connectivity index (χ4v) is 4.02. The summed E-state index contributed by atoms with van der Waals surface area (Å²) >= 11 is 3.56. The summed E-state index contributed by atoms with van der Waals surface area (Å²) in [6.07, 6.45) is 3.79. The number of hydrogen-bond donors (Lipinski definition) is 3. The molecular formula is C16H20BrN5O. The Morgan fingerprint density at radius 2 is 2.17 bits per heavy atom. The van der Waals surface area contributed by atoms with Crippen LogP contribution in [0.5, 0.6) is 0 Å². The monoisotopic (exact) mass is 377 g/mol. The minimum absolute atomic E-state index is 0.160. The van der Waals surface area contributed by atoms with Gasteiger partial charge in [0, 0.05) is 42.8 Å². The Kier molecular flexibility index (Phi) is 4.09. The van der Waals surface area contributed by atoms with Gasteiger partial charge in [-0.2, -0.15) is 0 Å². The molecule has 122 valence electrons. The first-order chi connectivity index (χ1) is 11.2. The van der Waals surface area contributed by atoms with Gasteiger partial charge in [-0.1, -0.05) is 15.9 Å². The van der Waals surface area contributed by atoms with Crippen LogP contribution in [-0.4, -0.2) is 51.3 Å². The zero-order valence-corrected chi connectivity index (χ0v) is 14.3. The number of aromatic amines is 1. The number of alkyl halides is 1. The van der Waals surface area contributed by atoms with E-state index in [9.17, 15) is 4.79 Å². The molecule has 4 heterocycles. The van der Waals surface area contributed by atoms with Gasteiger partial charge in [0.1, 0.15) is 11.7 Å². The van der Waals surface area contributed by atoms with Crippen LogP contribution in [0.15, 0.2) is 24.4 Å². The van der Waals surface area contributed by atoms with Gasteiger partial charge in [-0.15, -0.1) is 0 Å². The lowest BCUT2D eigenvalue weighted by molar-refractivity contribution is -0.134. The molecular weight excluding hydrogens is 358 g/mol. The number of H-pyrrole nitrogens is 1. The van der Waals surface area contributed by atoms with Crippen LogP contribution in [0, 0.1) is 0 Å². The van der Waals surface area contributed by atoms with E-state index in [1.54, 1.807) is 0 Å². The van der Waals surface area contributed by atoms with Gasteiger partial charge in [0.05, 0.1) is 4.83 Å². The molecule has 2 fully saturated rings. The molecule has 0 aromatic carbocycles. The highest BCUT2D eigenvalue weighted by molar-refractivity contribution is 9.09. The first-order valence-electron chi connectivity index (χ1n) is 8.07. The molecule has 2 aliphatic rings. The SMILES string of the molecule is O=C(C1NNCC1Br)N1CCC(c2cc3cccnc3[nH]2)CC1. The van der Waals surface area contributed by atoms with Crippen molar-refractivity contribution in [1.82, 2.24) is 25.7 Å². The summed E-state index contributed by atoms with van der Waals surface area (Å²) in [5.74, 6) is 0.663. The number of rotatable bonds is 2. The third-order valence-corrected chi connectivity index (χ3v) is 5.69. The highest BCUT2D eigenvalue weighted by Crippen LogP contribution is 2.30. The Hall–Kier alpha value is -1.44. The molecule has 4 rings (SSSR count). The predicted molar refractivity (Wildman–Crippen MR) is 92.3 cm³/mol. The van der Waals surface area contributed by atoms with Crippen LogP contribution in [0.1, 0.15) is 24.5 Å². The van der Waals surface area contributed by atoms with Crippen LogP contribution >= 0.6 is 15.9 Å². The van der Waals surface area contributed by atoms with E-state index in [1.165, 1.54) is 5.69 Å². The number of hydrazine groups is 1. The molecule has 0 aliphatic carbocycles. The summed E-state index contributed by atoms with van der Waals surface area (Å²) in [6, 6.07) is 6.07. The Balaban J connectivity index is 1.41. The molecule has 7 heteroatoms. The van der Waals surface area contributed by atoms with Gasteiger partial charge in [-0.05, 0) is 31.0 Å². The molecule has 6 nitrogen and oxygen atoms in total. The number of nitrogens with one attached hydrogen (secondary N) is 3. The van der Waals surface area contributed by atoms with Crippen molar-refractivity contribution in [3.8, 4) is 0 Å². The minimum Gasteiger partial charge on any atom is -0.343 e. The number of piperidine rings is 1. The molecule has 23 heavy (non-hydrogen) atoms. The molecule has 2 atom stereocenters. The number of halogens is 1. The summed E-state index contributed by atoms with van der Waals surface area (Å²) < 4.78 is 0. The molecule has 2 unspecified atom stereocenters. The van der Waals surface area contributed by atoms with Crippen LogP contribution in [0.2, 0.25) is 0 Å². The zero-order chi connectivity index (χ0) is 15.8. The molecule has 1 amide bonds. The van der Waals surface area contributed by atoms with Crippen molar-refractivity contribution in [3.05, 3.63) is 30.1 Å². The second-order valence-electron chi connectivity index (χ2n) is 6.28. The molecule has 0 radical (unpaired) electrons. The van der Waals surface area contributed by atoms with Gasteiger partial charge in [0.15, 0.2) is 0 Å². The van der Waals surface area contributed by atoms with Crippen molar-refractivity contribution >= 4 is 32.9 Å². The Labute approximate surface area is 143 Å². The number of fused-ring (bicyclic) bond motifs is 1. The first-order valence-corrected chi connectivity index (χ1v) is 8.99. The van der Waals surface area contributed by atoms with Crippen LogP contribution in [0.3, 0.4) is 0 Å². The van der Waals surface area contributed by atoms with E-state index in [0.717, 1.165) is 43.5 Å². The van der Waals surface area contributed by atoms with E-state index in [0.29, 0.717) is 5.92 Å². The maximum atomic E-state index is 12.6. The number of aromatic nitrogens is 2. The average Bonchev–Trinajstić information content (AvgIpc) is 3.20. The van der Waals surface area contributed by atoms with Crippen LogP contribution < -0.4 is 10.9 Å². The van der Waals surface area contributed by atoms with E-state index in [2.05, 4.69) is 48.9 Å². The molecule has 2 saturated heterocycles. The fourth-order valence-electron chi connectivity index (χ4n) is 3.50. The number of amides is 1. The smallest absolute Gasteiger partial charge is 0.242 e. The maximum Gasteiger partial charge on any atom is 0.242 e. The second kappa shape index (κ2) is 6.22. The number of carbonyl (C=O) groups is 1. The van der Waals surface area contributed by atoms with Crippen molar-refractivity contribution in [2.24, 2.45) is 0 Å². The largest absolute Gasteiger partial charge is 0.343 e. The van der Waals surface area contributed by atoms with Gasteiger partial charge < -0.3 is 9.88 Å². The van der Waals surface area contributed by atoms with Crippen molar-refractivity contribution in [3.63, 3.8) is 0 Å². The minimum atomic E-state index is -0.163. The highest BCUT2D eigenvalue weighted by Gasteiger charge is 2.35. The topological polar surface area (TPSA) is 73.1 Å². The van der Waals surface area contributed by atoms with Gasteiger partial charge in [0.25, 0.3) is 0 Å². The molecule has 2 aromatic heterocycles. The lowest BCUT2D eigenvalue weighted by atomic mass is 9.93. The number of pyridine rings is 1. The number of nitrogens with zero attached hydrogens (tertiary/aromatic N) is 2. The molecule has 3 N–H and O–H groups in total. The van der Waals surface area contributed by atoms with Crippen LogP contribution in [0.25, 0.3) is 11.0 Å². The Morgan fingerprint density at radius 1 is 1.35 bits per heavy atom.